The molecule has 0 aliphatic heterocycles. The standard InChI is InChI=1S/C33H57N2O2PS/c1-6-34(7-2)38(39,35(8-3)9-4)33-31(36-29-22-16-12-10-11-13-17-23-29)26-20-21-28(5)27-32(33)37-30-24-18-14-15-19-25-30/h20-21,26-27,29-30H,6-19,22-25H2,1-5H3/b21-20-,26-20?,28-21?,28-27-,31-26?,32-27?,33-31?,33-32?. The number of hydrogen-bond donors (Lipinski definition) is 0. The lowest BCUT2D eigenvalue weighted by Crippen LogP contribution is -2.34. The van der Waals surface area contributed by atoms with Crippen LogP contribution in [0.25, 0.3) is 0 Å². The first kappa shape index (κ1) is 32.6. The second kappa shape index (κ2) is 17.2. The van der Waals surface area contributed by atoms with Crippen LogP contribution in [-0.2, 0) is 21.3 Å². The summed E-state index contributed by atoms with van der Waals surface area (Å²) in [5.74, 6) is 1.94. The highest BCUT2D eigenvalue weighted by Crippen LogP contribution is 2.64. The number of ether oxygens (including phenoxy) is 2. The molecule has 0 aromatic heterocycles. The molecular formula is C33H57N2O2PS. The first-order valence-corrected chi connectivity index (χ1v) is 18.9. The maximum atomic E-state index is 7.13. The molecule has 222 valence electrons. The van der Waals surface area contributed by atoms with E-state index >= 15 is 0 Å². The molecule has 0 radical (unpaired) electrons. The van der Waals surface area contributed by atoms with Gasteiger partial charge < -0.3 is 9.47 Å². The Labute approximate surface area is 246 Å². The Morgan fingerprint density at radius 2 is 1.15 bits per heavy atom. The van der Waals surface area contributed by atoms with Crippen molar-refractivity contribution in [2.24, 2.45) is 0 Å². The Morgan fingerprint density at radius 1 is 0.718 bits per heavy atom. The zero-order chi connectivity index (χ0) is 28.1. The van der Waals surface area contributed by atoms with Crippen molar-refractivity contribution in [3.05, 3.63) is 46.7 Å². The third-order valence-corrected chi connectivity index (χ3v) is 14.3. The maximum absolute atomic E-state index is 7.13. The first-order chi connectivity index (χ1) is 19.0. The van der Waals surface area contributed by atoms with E-state index < -0.39 is 6.34 Å². The lowest BCUT2D eigenvalue weighted by molar-refractivity contribution is 0.0928. The minimum absolute atomic E-state index is 0.234. The van der Waals surface area contributed by atoms with Crippen LogP contribution in [0.1, 0.15) is 125 Å². The van der Waals surface area contributed by atoms with Gasteiger partial charge >= 0.3 is 0 Å². The molecule has 6 heteroatoms. The molecular weight excluding hydrogens is 519 g/mol. The summed E-state index contributed by atoms with van der Waals surface area (Å²) in [6.45, 7) is 14.9. The van der Waals surface area contributed by atoms with Crippen molar-refractivity contribution >= 4 is 18.1 Å². The van der Waals surface area contributed by atoms with Crippen molar-refractivity contribution in [1.29, 1.82) is 0 Å². The van der Waals surface area contributed by atoms with Gasteiger partial charge in [0.2, 0.25) is 0 Å². The number of hydrogen-bond acceptors (Lipinski definition) is 3. The summed E-state index contributed by atoms with van der Waals surface area (Å²) in [7, 11) is 0. The van der Waals surface area contributed by atoms with Gasteiger partial charge in [0, 0.05) is 26.2 Å². The van der Waals surface area contributed by atoms with E-state index in [-0.39, 0.29) is 12.2 Å². The molecule has 0 aromatic carbocycles. The van der Waals surface area contributed by atoms with E-state index in [4.69, 9.17) is 21.3 Å². The van der Waals surface area contributed by atoms with Crippen molar-refractivity contribution in [2.45, 2.75) is 137 Å². The molecule has 0 bridgehead atoms. The molecule has 2 fully saturated rings. The predicted molar refractivity (Wildman–Crippen MR) is 173 cm³/mol. The van der Waals surface area contributed by atoms with E-state index in [1.807, 2.05) is 0 Å². The van der Waals surface area contributed by atoms with Gasteiger partial charge in [0.05, 0.1) is 17.5 Å². The fourth-order valence-corrected chi connectivity index (χ4v) is 11.6. The Bertz CT molecular complexity index is 883. The molecule has 0 amide bonds. The molecule has 2 saturated carbocycles. The normalized spacial score (nSPS) is 23.6. The smallest absolute Gasteiger partial charge is 0.134 e. The van der Waals surface area contributed by atoms with Crippen molar-refractivity contribution in [2.75, 3.05) is 26.2 Å². The highest BCUT2D eigenvalue weighted by atomic mass is 32.4. The molecule has 3 aliphatic rings. The number of allylic oxidation sites excluding steroid dienone is 6. The van der Waals surface area contributed by atoms with E-state index in [1.165, 1.54) is 69.8 Å². The Kier molecular flexibility index (Phi) is 14.4. The first-order valence-electron chi connectivity index (χ1n) is 16.2. The highest BCUT2D eigenvalue weighted by molar-refractivity contribution is 8.14. The quantitative estimate of drug-likeness (QED) is 0.180. The van der Waals surface area contributed by atoms with Gasteiger partial charge in [-0.25, -0.2) is 0 Å². The van der Waals surface area contributed by atoms with Crippen LogP contribution in [0.3, 0.4) is 0 Å². The van der Waals surface area contributed by atoms with Crippen LogP contribution in [0.5, 0.6) is 0 Å². The van der Waals surface area contributed by atoms with E-state index in [1.54, 1.807) is 0 Å². The topological polar surface area (TPSA) is 24.9 Å². The van der Waals surface area contributed by atoms with Crippen LogP contribution in [0, 0.1) is 0 Å². The molecule has 0 atom stereocenters. The predicted octanol–water partition coefficient (Wildman–Crippen LogP) is 9.85. The SMILES string of the molecule is CCN(CC)P(=S)(C1=C(OC2CCCCCC2)/C=C(C)\C=C/C=C1OC1CCCCCCCC1)N(CC)CC. The van der Waals surface area contributed by atoms with E-state index in [2.05, 4.69) is 68.3 Å². The Morgan fingerprint density at radius 3 is 1.62 bits per heavy atom. The second-order valence-corrected chi connectivity index (χ2v) is 15.7. The molecule has 4 nitrogen and oxygen atoms in total. The summed E-state index contributed by atoms with van der Waals surface area (Å²) in [4.78, 5) is 0. The fourth-order valence-electron chi connectivity index (χ4n) is 6.39. The summed E-state index contributed by atoms with van der Waals surface area (Å²) >= 11 is 6.94. The van der Waals surface area contributed by atoms with Gasteiger partial charge in [0.15, 0.2) is 0 Å². The monoisotopic (exact) mass is 576 g/mol. The van der Waals surface area contributed by atoms with Gasteiger partial charge in [-0.2, -0.15) is 0 Å². The van der Waals surface area contributed by atoms with Crippen molar-refractivity contribution in [3.63, 3.8) is 0 Å². The van der Waals surface area contributed by atoms with Gasteiger partial charge in [0.25, 0.3) is 0 Å². The van der Waals surface area contributed by atoms with E-state index in [9.17, 15) is 0 Å². The maximum Gasteiger partial charge on any atom is 0.134 e. The third-order valence-electron chi connectivity index (χ3n) is 8.64. The van der Waals surface area contributed by atoms with Crippen LogP contribution in [-0.4, -0.2) is 47.7 Å². The number of nitrogens with zero attached hydrogens (tertiary/aromatic N) is 2. The second-order valence-electron chi connectivity index (χ2n) is 11.5. The van der Waals surface area contributed by atoms with E-state index in [0.717, 1.165) is 68.7 Å². The van der Waals surface area contributed by atoms with Crippen LogP contribution < -0.4 is 0 Å². The van der Waals surface area contributed by atoms with Gasteiger partial charge in [-0.3, -0.25) is 9.34 Å². The molecule has 0 saturated heterocycles. The molecule has 0 unspecified atom stereocenters. The molecule has 3 rings (SSSR count). The van der Waals surface area contributed by atoms with Gasteiger partial charge in [0.1, 0.15) is 17.9 Å². The van der Waals surface area contributed by atoms with Crippen LogP contribution in [0.4, 0.5) is 0 Å². The Hall–Kier alpha value is -0.870. The van der Waals surface area contributed by atoms with Gasteiger partial charge in [-0.1, -0.05) is 90.2 Å². The summed E-state index contributed by atoms with van der Waals surface area (Å²) in [5, 5.41) is 1.15. The zero-order valence-corrected chi connectivity index (χ0v) is 27.5. The van der Waals surface area contributed by atoms with Gasteiger partial charge in [-0.15, -0.1) is 0 Å². The van der Waals surface area contributed by atoms with Crippen LogP contribution >= 0.6 is 6.34 Å². The van der Waals surface area contributed by atoms with Gasteiger partial charge in [-0.05, 0) is 76.0 Å². The minimum atomic E-state index is -2.39. The third kappa shape index (κ3) is 9.06. The highest BCUT2D eigenvalue weighted by Gasteiger charge is 2.40. The zero-order valence-electron chi connectivity index (χ0n) is 25.8. The largest absolute Gasteiger partial charge is 0.489 e. The summed E-state index contributed by atoms with van der Waals surface area (Å²) < 4.78 is 19.3. The average molecular weight is 577 g/mol. The van der Waals surface area contributed by atoms with Crippen LogP contribution in [0.15, 0.2) is 46.7 Å². The lowest BCUT2D eigenvalue weighted by Gasteiger charge is -2.44. The average Bonchev–Trinajstić information content (AvgIpc) is 3.10. The van der Waals surface area contributed by atoms with Crippen molar-refractivity contribution < 1.29 is 9.47 Å². The van der Waals surface area contributed by atoms with Crippen molar-refractivity contribution in [1.82, 2.24) is 9.34 Å². The van der Waals surface area contributed by atoms with E-state index in [0.29, 0.717) is 0 Å². The summed E-state index contributed by atoms with van der Waals surface area (Å²) in [6, 6.07) is 0. The van der Waals surface area contributed by atoms with Crippen molar-refractivity contribution in [3.8, 4) is 0 Å². The Balaban J connectivity index is 2.19. The molecule has 0 aromatic rings. The number of rotatable bonds is 11. The molecule has 3 aliphatic carbocycles. The molecule has 0 spiro atoms. The van der Waals surface area contributed by atoms with Crippen LogP contribution in [0.2, 0.25) is 0 Å². The summed E-state index contributed by atoms with van der Waals surface area (Å²) in [6.07, 6.45) is 24.4. The minimum Gasteiger partial charge on any atom is -0.489 e. The lowest BCUT2D eigenvalue weighted by atomic mass is 10.1. The molecule has 0 N–H and O–H groups in total. The molecule has 39 heavy (non-hydrogen) atoms. The summed E-state index contributed by atoms with van der Waals surface area (Å²) in [5.41, 5.74) is 1.20. The molecule has 0 heterocycles. The fraction of sp³-hybridized carbons (Fsp3) is 0.758.